The number of benzene rings is 2. The van der Waals surface area contributed by atoms with Gasteiger partial charge in [-0.25, -0.2) is 0 Å². The van der Waals surface area contributed by atoms with Crippen LogP contribution in [0, 0.1) is 0 Å². The second-order valence-electron chi connectivity index (χ2n) is 5.54. The maximum Gasteiger partial charge on any atom is 0.254 e. The molecule has 0 unspecified atom stereocenters. The van der Waals surface area contributed by atoms with Crippen molar-refractivity contribution in [2.45, 2.75) is 13.5 Å². The van der Waals surface area contributed by atoms with Crippen LogP contribution in [0.1, 0.15) is 22.8 Å². The predicted octanol–water partition coefficient (Wildman–Crippen LogP) is 3.84. The van der Waals surface area contributed by atoms with E-state index in [2.05, 4.69) is 4.98 Å². The fraction of sp³-hybridized carbons (Fsp3) is 0.158. The van der Waals surface area contributed by atoms with Gasteiger partial charge in [-0.05, 0) is 42.6 Å². The number of carbonyl (C=O) groups excluding carboxylic acids is 1. The number of halogens is 1. The van der Waals surface area contributed by atoms with Crippen LogP contribution in [0.3, 0.4) is 0 Å². The highest BCUT2D eigenvalue weighted by Crippen LogP contribution is 2.15. The topological polar surface area (TPSA) is 53.2 Å². The molecule has 0 radical (unpaired) electrons. The van der Waals surface area contributed by atoms with E-state index in [0.29, 0.717) is 22.7 Å². The van der Waals surface area contributed by atoms with E-state index < -0.39 is 0 Å². The molecule has 3 aromatic rings. The van der Waals surface area contributed by atoms with Gasteiger partial charge in [0.25, 0.3) is 11.5 Å². The summed E-state index contributed by atoms with van der Waals surface area (Å²) in [5.41, 5.74) is 1.69. The number of aromatic nitrogens is 1. The maximum absolute atomic E-state index is 12.7. The molecule has 0 saturated heterocycles. The summed E-state index contributed by atoms with van der Waals surface area (Å²) < 4.78 is 0. The van der Waals surface area contributed by atoms with Crippen molar-refractivity contribution in [3.63, 3.8) is 0 Å². The molecule has 2 aromatic carbocycles. The Morgan fingerprint density at radius 1 is 1.12 bits per heavy atom. The summed E-state index contributed by atoms with van der Waals surface area (Å²) in [5, 5.41) is 1.46. The van der Waals surface area contributed by atoms with Crippen LogP contribution in [0.5, 0.6) is 0 Å². The number of rotatable bonds is 4. The molecular weight excluding hydrogens is 324 g/mol. The Morgan fingerprint density at radius 2 is 1.92 bits per heavy atom. The van der Waals surface area contributed by atoms with Crippen molar-refractivity contribution in [1.82, 2.24) is 9.88 Å². The summed E-state index contributed by atoms with van der Waals surface area (Å²) in [6.45, 7) is 2.64. The molecule has 0 aliphatic heterocycles. The zero-order chi connectivity index (χ0) is 17.1. The van der Waals surface area contributed by atoms with Crippen molar-refractivity contribution in [2.24, 2.45) is 0 Å². The van der Waals surface area contributed by atoms with Gasteiger partial charge >= 0.3 is 0 Å². The van der Waals surface area contributed by atoms with E-state index in [9.17, 15) is 9.59 Å². The van der Waals surface area contributed by atoms with Crippen LogP contribution in [-0.4, -0.2) is 22.3 Å². The molecule has 0 bridgehead atoms. The summed E-state index contributed by atoms with van der Waals surface area (Å²) >= 11 is 5.96. The molecule has 0 saturated carbocycles. The third-order valence-corrected chi connectivity index (χ3v) is 4.17. The van der Waals surface area contributed by atoms with E-state index in [4.69, 9.17) is 11.6 Å². The van der Waals surface area contributed by atoms with Crippen molar-refractivity contribution >= 4 is 28.4 Å². The van der Waals surface area contributed by atoms with Crippen molar-refractivity contribution in [3.05, 3.63) is 81.1 Å². The summed E-state index contributed by atoms with van der Waals surface area (Å²) in [6, 6.07) is 16.2. The van der Waals surface area contributed by atoms with E-state index in [1.165, 1.54) is 0 Å². The molecular formula is C19H17ClN2O2. The number of carbonyl (C=O) groups is 1. The molecule has 3 rings (SSSR count). The zero-order valence-electron chi connectivity index (χ0n) is 13.3. The quantitative estimate of drug-likeness (QED) is 0.784. The van der Waals surface area contributed by atoms with Crippen molar-refractivity contribution < 1.29 is 4.79 Å². The first-order chi connectivity index (χ1) is 11.6. The van der Waals surface area contributed by atoms with Crippen LogP contribution in [0.25, 0.3) is 10.9 Å². The standard InChI is InChI=1S/C19H17ClN2O2/c1-2-22(19(24)14-7-5-8-16(20)11-14)12-15-10-13-6-3-4-9-17(13)21-18(15)23/h3-11H,2,12H2,1H3,(H,21,23). The normalized spacial score (nSPS) is 10.8. The lowest BCUT2D eigenvalue weighted by Gasteiger charge is -2.21. The average molecular weight is 341 g/mol. The number of pyridine rings is 1. The van der Waals surface area contributed by atoms with E-state index in [-0.39, 0.29) is 18.0 Å². The van der Waals surface area contributed by atoms with Crippen molar-refractivity contribution in [1.29, 1.82) is 0 Å². The van der Waals surface area contributed by atoms with Crippen molar-refractivity contribution in [2.75, 3.05) is 6.54 Å². The number of fused-ring (bicyclic) bond motifs is 1. The van der Waals surface area contributed by atoms with Gasteiger partial charge in [-0.15, -0.1) is 0 Å². The lowest BCUT2D eigenvalue weighted by atomic mass is 10.1. The summed E-state index contributed by atoms with van der Waals surface area (Å²) in [7, 11) is 0. The minimum atomic E-state index is -0.175. The molecule has 1 aromatic heterocycles. The van der Waals surface area contributed by atoms with Crippen LogP contribution < -0.4 is 5.56 Å². The lowest BCUT2D eigenvalue weighted by molar-refractivity contribution is 0.0752. The highest BCUT2D eigenvalue weighted by atomic mass is 35.5. The third-order valence-electron chi connectivity index (χ3n) is 3.93. The van der Waals surface area contributed by atoms with Crippen LogP contribution in [0.2, 0.25) is 5.02 Å². The number of hydrogen-bond donors (Lipinski definition) is 1. The van der Waals surface area contributed by atoms with E-state index in [1.54, 1.807) is 29.2 Å². The van der Waals surface area contributed by atoms with Gasteiger partial charge in [0.2, 0.25) is 0 Å². The van der Waals surface area contributed by atoms with E-state index >= 15 is 0 Å². The SMILES string of the molecule is CCN(Cc1cc2ccccc2[nH]c1=O)C(=O)c1cccc(Cl)c1. The number of hydrogen-bond acceptors (Lipinski definition) is 2. The third kappa shape index (κ3) is 3.34. The van der Waals surface area contributed by atoms with Gasteiger partial charge in [0, 0.05) is 28.2 Å². The maximum atomic E-state index is 12.7. The van der Waals surface area contributed by atoms with Crippen LogP contribution in [0.4, 0.5) is 0 Å². The molecule has 1 N–H and O–H groups in total. The fourth-order valence-electron chi connectivity index (χ4n) is 2.65. The number of amides is 1. The van der Waals surface area contributed by atoms with Crippen LogP contribution >= 0.6 is 11.6 Å². The summed E-state index contributed by atoms with van der Waals surface area (Å²) in [5.74, 6) is -0.146. The van der Waals surface area contributed by atoms with Crippen LogP contribution in [0.15, 0.2) is 59.4 Å². The minimum Gasteiger partial charge on any atom is -0.334 e. The van der Waals surface area contributed by atoms with Crippen LogP contribution in [-0.2, 0) is 6.54 Å². The second kappa shape index (κ2) is 6.89. The number of nitrogens with zero attached hydrogens (tertiary/aromatic N) is 1. The molecule has 0 atom stereocenters. The highest BCUT2D eigenvalue weighted by Gasteiger charge is 2.16. The molecule has 1 amide bonds. The molecule has 1 heterocycles. The second-order valence-corrected chi connectivity index (χ2v) is 5.98. The Kier molecular flexibility index (Phi) is 4.67. The zero-order valence-corrected chi connectivity index (χ0v) is 14.0. The average Bonchev–Trinajstić information content (AvgIpc) is 2.59. The molecule has 0 aliphatic rings. The Balaban J connectivity index is 1.91. The predicted molar refractivity (Wildman–Crippen MR) is 96.4 cm³/mol. The van der Waals surface area contributed by atoms with Gasteiger partial charge in [0.15, 0.2) is 0 Å². The van der Waals surface area contributed by atoms with Gasteiger partial charge < -0.3 is 9.88 Å². The molecule has 4 nitrogen and oxygen atoms in total. The van der Waals surface area contributed by atoms with Gasteiger partial charge in [0.05, 0.1) is 6.54 Å². The smallest absolute Gasteiger partial charge is 0.254 e. The molecule has 122 valence electrons. The first kappa shape index (κ1) is 16.3. The molecule has 5 heteroatoms. The molecule has 0 spiro atoms. The highest BCUT2D eigenvalue weighted by molar-refractivity contribution is 6.30. The van der Waals surface area contributed by atoms with Gasteiger partial charge in [-0.1, -0.05) is 35.9 Å². The Labute approximate surface area is 144 Å². The number of para-hydroxylation sites is 1. The Hall–Kier alpha value is -2.59. The van der Waals surface area contributed by atoms with Gasteiger partial charge in [0.1, 0.15) is 0 Å². The summed E-state index contributed by atoms with van der Waals surface area (Å²) in [4.78, 5) is 29.4. The fourth-order valence-corrected chi connectivity index (χ4v) is 2.84. The minimum absolute atomic E-state index is 0.146. The molecule has 0 fully saturated rings. The van der Waals surface area contributed by atoms with Crippen molar-refractivity contribution in [3.8, 4) is 0 Å². The monoisotopic (exact) mass is 340 g/mol. The van der Waals surface area contributed by atoms with Gasteiger partial charge in [-0.3, -0.25) is 9.59 Å². The van der Waals surface area contributed by atoms with E-state index in [1.807, 2.05) is 37.3 Å². The number of H-pyrrole nitrogens is 1. The Morgan fingerprint density at radius 3 is 2.67 bits per heavy atom. The number of aromatic amines is 1. The van der Waals surface area contributed by atoms with E-state index in [0.717, 1.165) is 10.9 Å². The first-order valence-electron chi connectivity index (χ1n) is 7.74. The largest absolute Gasteiger partial charge is 0.334 e. The Bertz CT molecular complexity index is 949. The van der Waals surface area contributed by atoms with Gasteiger partial charge in [-0.2, -0.15) is 0 Å². The lowest BCUT2D eigenvalue weighted by Crippen LogP contribution is -2.32. The number of nitrogens with one attached hydrogen (secondary N) is 1. The molecule has 24 heavy (non-hydrogen) atoms. The first-order valence-corrected chi connectivity index (χ1v) is 8.12. The molecule has 0 aliphatic carbocycles. The summed E-state index contributed by atoms with van der Waals surface area (Å²) in [6.07, 6.45) is 0.